The maximum atomic E-state index is 12.3. The normalized spacial score (nSPS) is 40.1. The third-order valence-electron chi connectivity index (χ3n) is 5.86. The molecule has 0 aromatic rings. The summed E-state index contributed by atoms with van der Waals surface area (Å²) in [7, 11) is 0. The molecule has 0 saturated heterocycles. The summed E-state index contributed by atoms with van der Waals surface area (Å²) in [6, 6.07) is 0. The summed E-state index contributed by atoms with van der Waals surface area (Å²) in [5, 5.41) is 9.03. The zero-order chi connectivity index (χ0) is 13.7. The van der Waals surface area contributed by atoms with Gasteiger partial charge in [0.1, 0.15) is 6.61 Å². The van der Waals surface area contributed by atoms with Gasteiger partial charge in [0.15, 0.2) is 11.6 Å². The van der Waals surface area contributed by atoms with Crippen molar-refractivity contribution in [3.05, 3.63) is 11.1 Å². The molecule has 0 radical (unpaired) electrons. The summed E-state index contributed by atoms with van der Waals surface area (Å²) in [4.78, 5) is 24.0. The first-order valence-electron chi connectivity index (χ1n) is 6.66. The lowest BCUT2D eigenvalue weighted by Crippen LogP contribution is -2.45. The Morgan fingerprint density at radius 1 is 1.44 bits per heavy atom. The highest BCUT2D eigenvalue weighted by molar-refractivity contribution is 6.22. The molecule has 2 aliphatic carbocycles. The lowest BCUT2D eigenvalue weighted by Gasteiger charge is -2.48. The highest BCUT2D eigenvalue weighted by atomic mass is 16.3. The first-order valence-corrected chi connectivity index (χ1v) is 6.66. The number of ketones is 2. The zero-order valence-corrected chi connectivity index (χ0v) is 11.7. The van der Waals surface area contributed by atoms with Crippen LogP contribution in [-0.2, 0) is 9.59 Å². The van der Waals surface area contributed by atoms with E-state index in [1.807, 2.05) is 6.92 Å². The zero-order valence-electron chi connectivity index (χ0n) is 11.7. The van der Waals surface area contributed by atoms with Gasteiger partial charge in [-0.2, -0.15) is 0 Å². The number of hydrogen-bond acceptors (Lipinski definition) is 3. The van der Waals surface area contributed by atoms with Gasteiger partial charge in [0, 0.05) is 6.42 Å². The quantitative estimate of drug-likeness (QED) is 0.765. The van der Waals surface area contributed by atoms with Crippen LogP contribution in [0.15, 0.2) is 11.1 Å². The lowest BCUT2D eigenvalue weighted by atomic mass is 9.55. The Morgan fingerprint density at radius 3 is 2.61 bits per heavy atom. The molecule has 1 fully saturated rings. The number of Topliss-reactive ketones (excluding diaryl/α,β-unsaturated/α-hetero) is 2. The van der Waals surface area contributed by atoms with Gasteiger partial charge in [0.05, 0.1) is 5.57 Å². The Bertz CT molecular complexity index is 449. The van der Waals surface area contributed by atoms with Crippen molar-refractivity contribution in [1.82, 2.24) is 0 Å². The van der Waals surface area contributed by atoms with E-state index in [9.17, 15) is 9.59 Å². The predicted octanol–water partition coefficient (Wildman–Crippen LogP) is 2.28. The third-order valence-corrected chi connectivity index (χ3v) is 5.86. The minimum Gasteiger partial charge on any atom is -0.388 e. The van der Waals surface area contributed by atoms with Gasteiger partial charge in [-0.05, 0) is 36.5 Å². The molecule has 0 aliphatic heterocycles. The third kappa shape index (κ3) is 1.46. The topological polar surface area (TPSA) is 54.4 Å². The molecule has 3 nitrogen and oxygen atoms in total. The molecule has 3 heteroatoms. The molecule has 0 bridgehead atoms. The molecule has 3 unspecified atom stereocenters. The molecule has 0 spiro atoms. The van der Waals surface area contributed by atoms with E-state index in [1.54, 1.807) is 0 Å². The van der Waals surface area contributed by atoms with Gasteiger partial charge in [0.25, 0.3) is 0 Å². The van der Waals surface area contributed by atoms with Crippen LogP contribution in [0.2, 0.25) is 0 Å². The highest BCUT2D eigenvalue weighted by Crippen LogP contribution is 2.64. The summed E-state index contributed by atoms with van der Waals surface area (Å²) < 4.78 is 0. The maximum Gasteiger partial charge on any atom is 0.191 e. The van der Waals surface area contributed by atoms with Crippen LogP contribution in [-0.4, -0.2) is 23.3 Å². The van der Waals surface area contributed by atoms with Crippen molar-refractivity contribution in [2.45, 2.75) is 47.0 Å². The van der Waals surface area contributed by atoms with Crippen LogP contribution in [0.4, 0.5) is 0 Å². The predicted molar refractivity (Wildman–Crippen MR) is 69.0 cm³/mol. The second kappa shape index (κ2) is 4.02. The lowest BCUT2D eigenvalue weighted by molar-refractivity contribution is -0.126. The van der Waals surface area contributed by atoms with E-state index in [0.29, 0.717) is 12.3 Å². The van der Waals surface area contributed by atoms with Crippen molar-refractivity contribution in [3.8, 4) is 0 Å². The van der Waals surface area contributed by atoms with Gasteiger partial charge in [-0.3, -0.25) is 9.59 Å². The van der Waals surface area contributed by atoms with Gasteiger partial charge < -0.3 is 5.11 Å². The summed E-state index contributed by atoms with van der Waals surface area (Å²) in [6.45, 7) is 7.87. The average Bonchev–Trinajstić information content (AvgIpc) is 2.54. The van der Waals surface area contributed by atoms with Crippen LogP contribution in [0.1, 0.15) is 47.0 Å². The molecule has 18 heavy (non-hydrogen) atoms. The summed E-state index contributed by atoms with van der Waals surface area (Å²) in [5.41, 5.74) is 1.03. The van der Waals surface area contributed by atoms with Gasteiger partial charge in [-0.15, -0.1) is 0 Å². The van der Waals surface area contributed by atoms with E-state index in [1.165, 1.54) is 0 Å². The fourth-order valence-corrected chi connectivity index (χ4v) is 3.99. The molecule has 0 aromatic carbocycles. The van der Waals surface area contributed by atoms with Gasteiger partial charge in [0.2, 0.25) is 0 Å². The number of rotatable bonds is 2. The van der Waals surface area contributed by atoms with Crippen LogP contribution in [0, 0.1) is 16.7 Å². The minimum atomic E-state index is -0.569. The fourth-order valence-electron chi connectivity index (χ4n) is 3.99. The number of allylic oxidation sites excluding steroid dienone is 1. The van der Waals surface area contributed by atoms with E-state index in [4.69, 9.17) is 5.11 Å². The van der Waals surface area contributed by atoms with Crippen LogP contribution >= 0.6 is 0 Å². The molecule has 2 rings (SSSR count). The van der Waals surface area contributed by atoms with E-state index >= 15 is 0 Å². The van der Waals surface area contributed by atoms with Gasteiger partial charge in [-0.25, -0.2) is 0 Å². The van der Waals surface area contributed by atoms with E-state index in [0.717, 1.165) is 18.4 Å². The molecular formula is C15H22O3. The monoisotopic (exact) mass is 250 g/mol. The van der Waals surface area contributed by atoms with Gasteiger partial charge >= 0.3 is 0 Å². The summed E-state index contributed by atoms with van der Waals surface area (Å²) in [6.07, 6.45) is 2.55. The molecule has 100 valence electrons. The van der Waals surface area contributed by atoms with Crippen LogP contribution < -0.4 is 0 Å². The van der Waals surface area contributed by atoms with Crippen LogP contribution in [0.5, 0.6) is 0 Å². The Kier molecular flexibility index (Phi) is 3.01. The number of carbonyl (C=O) groups excluding carboxylic acids is 2. The molecular weight excluding hydrogens is 228 g/mol. The molecule has 0 aromatic heterocycles. The maximum absolute atomic E-state index is 12.3. The number of hydrogen-bond donors (Lipinski definition) is 1. The van der Waals surface area contributed by atoms with Crippen molar-refractivity contribution in [3.63, 3.8) is 0 Å². The largest absolute Gasteiger partial charge is 0.388 e. The van der Waals surface area contributed by atoms with Crippen molar-refractivity contribution in [2.24, 2.45) is 16.7 Å². The van der Waals surface area contributed by atoms with Crippen molar-refractivity contribution < 1.29 is 14.7 Å². The molecule has 0 heterocycles. The van der Waals surface area contributed by atoms with E-state index in [2.05, 4.69) is 20.8 Å². The van der Waals surface area contributed by atoms with Crippen molar-refractivity contribution >= 4 is 11.6 Å². The van der Waals surface area contributed by atoms with Crippen molar-refractivity contribution in [2.75, 3.05) is 6.61 Å². The minimum absolute atomic E-state index is 0.0482. The second-order valence-electron chi connectivity index (χ2n) is 6.37. The first kappa shape index (κ1) is 13.5. The smallest absolute Gasteiger partial charge is 0.191 e. The molecule has 0 amide bonds. The SMILES string of the molecule is CC1=C(C(=O)CO)C(=O)CC2(C)C(C)CCC12C. The van der Waals surface area contributed by atoms with Crippen molar-refractivity contribution in [1.29, 1.82) is 0 Å². The highest BCUT2D eigenvalue weighted by Gasteiger charge is 2.58. The standard InChI is InChI=1S/C15H22O3/c1-9-5-6-14(3)10(2)13(12(18)8-16)11(17)7-15(9,14)4/h9,16H,5-8H2,1-4H3. The van der Waals surface area contributed by atoms with E-state index < -0.39 is 12.4 Å². The Labute approximate surface area is 108 Å². The van der Waals surface area contributed by atoms with E-state index in [-0.39, 0.29) is 22.2 Å². The number of fused-ring (bicyclic) bond motifs is 1. The number of aliphatic hydroxyl groups excluding tert-OH is 1. The summed E-state index contributed by atoms with van der Waals surface area (Å²) >= 11 is 0. The fraction of sp³-hybridized carbons (Fsp3) is 0.733. The number of aliphatic hydroxyl groups is 1. The first-order chi connectivity index (χ1) is 8.28. The second-order valence-corrected chi connectivity index (χ2v) is 6.37. The molecule has 3 atom stereocenters. The number of carbonyl (C=O) groups is 2. The van der Waals surface area contributed by atoms with Crippen LogP contribution in [0.25, 0.3) is 0 Å². The molecule has 1 N–H and O–H groups in total. The average molecular weight is 250 g/mol. The molecule has 2 aliphatic rings. The summed E-state index contributed by atoms with van der Waals surface area (Å²) in [5.74, 6) is -0.00668. The molecule has 1 saturated carbocycles. The Balaban J connectivity index is 2.59. The Morgan fingerprint density at radius 2 is 2.06 bits per heavy atom. The van der Waals surface area contributed by atoms with Crippen LogP contribution in [0.3, 0.4) is 0 Å². The Hall–Kier alpha value is -0.960. The van der Waals surface area contributed by atoms with Gasteiger partial charge in [-0.1, -0.05) is 26.3 Å².